The van der Waals surface area contributed by atoms with Crippen molar-refractivity contribution in [3.63, 3.8) is 0 Å². The molecule has 6 aliphatic heterocycles. The van der Waals surface area contributed by atoms with Gasteiger partial charge in [0.05, 0.1) is 38.0 Å². The van der Waals surface area contributed by atoms with E-state index in [1.165, 1.54) is 25.0 Å². The molecule has 2 aromatic carbocycles. The molecule has 0 spiro atoms. The second kappa shape index (κ2) is 13.5. The van der Waals surface area contributed by atoms with Crippen LogP contribution in [0.25, 0.3) is 0 Å². The third-order valence-electron chi connectivity index (χ3n) is 13.0. The van der Waals surface area contributed by atoms with Crippen molar-refractivity contribution in [1.29, 1.82) is 0 Å². The second-order valence-electron chi connectivity index (χ2n) is 16.4. The molecular weight excluding hydrogens is 648 g/mol. The number of allylic oxidation sites excluding steroid dienone is 2. The highest BCUT2D eigenvalue weighted by Crippen LogP contribution is 2.50. The molecule has 10 heteroatoms. The fourth-order valence-electron chi connectivity index (χ4n) is 10.5. The lowest BCUT2D eigenvalue weighted by Gasteiger charge is -2.52. The van der Waals surface area contributed by atoms with Crippen molar-refractivity contribution >= 4 is 23.9 Å². The highest BCUT2D eigenvalue weighted by atomic mass is 16.6. The van der Waals surface area contributed by atoms with Gasteiger partial charge in [0.25, 0.3) is 0 Å². The maximum absolute atomic E-state index is 14.1. The topological polar surface area (TPSA) is 105 Å². The molecule has 0 radical (unpaired) electrons. The number of hydrogen-bond acceptors (Lipinski definition) is 8. The smallest absolute Gasteiger partial charge is 0.310 e. The molecule has 2 aromatic rings. The van der Waals surface area contributed by atoms with E-state index in [4.69, 9.17) is 18.9 Å². The van der Waals surface area contributed by atoms with Crippen molar-refractivity contribution in [3.05, 3.63) is 71.8 Å². The molecule has 7 fully saturated rings. The van der Waals surface area contributed by atoms with Gasteiger partial charge in [-0.3, -0.25) is 19.2 Å². The first-order valence-corrected chi connectivity index (χ1v) is 18.9. The Morgan fingerprint density at radius 2 is 0.961 bits per heavy atom. The fraction of sp³-hybridized carbons (Fsp3) is 0.561. The average molecular weight is 699 g/mol. The van der Waals surface area contributed by atoms with Gasteiger partial charge in [-0.2, -0.15) is 0 Å². The van der Waals surface area contributed by atoms with Crippen molar-refractivity contribution < 1.29 is 47.1 Å². The molecule has 1 saturated carbocycles. The highest BCUT2D eigenvalue weighted by molar-refractivity contribution is 5.84. The summed E-state index contributed by atoms with van der Waals surface area (Å²) in [6, 6.07) is 15.5. The normalized spacial score (nSPS) is 35.7. The number of rotatable bonds is 10. The summed E-state index contributed by atoms with van der Waals surface area (Å²) < 4.78 is 25.1. The van der Waals surface area contributed by atoms with E-state index >= 15 is 0 Å². The van der Waals surface area contributed by atoms with Gasteiger partial charge in [-0.15, -0.1) is 0 Å². The Morgan fingerprint density at radius 3 is 1.31 bits per heavy atom. The number of quaternary nitrogens is 2. The standard InChI is InChI=1S/C41H50N2O8/c1-26(44)48-34-9-3-28(4-10-34)22-42-17-13-30(14-18-42)36(24-42)50-40(46)38-32-7-8-33(21-32)39(38)41(47)51-37-25-43(19-15-31(37)16-20-43)23-29-5-11-35(12-6-29)49-27(2)45/h3-12,30-33,36-39H,13-25H2,1-2H3/q+2. The zero-order chi connectivity index (χ0) is 35.3. The molecule has 6 heterocycles. The third-order valence-corrected chi connectivity index (χ3v) is 13.0. The molecule has 2 aliphatic carbocycles. The Morgan fingerprint density at radius 1 is 0.588 bits per heavy atom. The van der Waals surface area contributed by atoms with Crippen molar-refractivity contribution in [2.45, 2.75) is 71.2 Å². The predicted molar refractivity (Wildman–Crippen MR) is 186 cm³/mol. The number of nitrogens with zero attached hydrogens (tertiary/aromatic N) is 2. The van der Waals surface area contributed by atoms with Gasteiger partial charge >= 0.3 is 23.9 Å². The lowest BCUT2D eigenvalue weighted by Crippen LogP contribution is -2.64. The van der Waals surface area contributed by atoms with E-state index in [9.17, 15) is 19.2 Å². The minimum atomic E-state index is -0.495. The maximum atomic E-state index is 14.1. The van der Waals surface area contributed by atoms with Crippen LogP contribution in [0.15, 0.2) is 60.7 Å². The number of fused-ring (bicyclic) bond motifs is 8. The average Bonchev–Trinajstić information content (AvgIpc) is 3.73. The van der Waals surface area contributed by atoms with Crippen LogP contribution in [0.3, 0.4) is 0 Å². The van der Waals surface area contributed by atoms with Gasteiger partial charge in [0.2, 0.25) is 0 Å². The van der Waals surface area contributed by atoms with Gasteiger partial charge in [0, 0.05) is 62.5 Å². The van der Waals surface area contributed by atoms with E-state index in [1.54, 1.807) is 0 Å². The monoisotopic (exact) mass is 698 g/mol. The quantitative estimate of drug-likeness (QED) is 0.148. The SMILES string of the molecule is CC(=O)Oc1ccc(C[N+]23CCC(CC2)C(OC(=O)C2C4C=CC(C4)C2C(=O)OC2C[N+]4(Cc5ccc(OC(C)=O)cc5)CCC2CC4)C3)cc1. The van der Waals surface area contributed by atoms with Crippen molar-refractivity contribution in [1.82, 2.24) is 0 Å². The molecule has 0 amide bonds. The van der Waals surface area contributed by atoms with Crippen LogP contribution < -0.4 is 9.47 Å². The van der Waals surface area contributed by atoms with Crippen LogP contribution in [0.5, 0.6) is 11.5 Å². The van der Waals surface area contributed by atoms with Gasteiger partial charge in [0.1, 0.15) is 37.7 Å². The van der Waals surface area contributed by atoms with Gasteiger partial charge < -0.3 is 27.9 Å². The first-order chi connectivity index (χ1) is 24.6. The maximum Gasteiger partial charge on any atom is 0.310 e. The summed E-state index contributed by atoms with van der Waals surface area (Å²) in [6.45, 7) is 10.3. The van der Waals surface area contributed by atoms with E-state index in [-0.39, 0.29) is 47.9 Å². The van der Waals surface area contributed by atoms with E-state index in [1.807, 2.05) is 48.5 Å². The summed E-state index contributed by atoms with van der Waals surface area (Å²) in [5.41, 5.74) is 2.35. The van der Waals surface area contributed by atoms with Gasteiger partial charge in [-0.1, -0.05) is 12.2 Å². The van der Waals surface area contributed by atoms with Gasteiger partial charge in [-0.05, 0) is 66.8 Å². The molecule has 6 saturated heterocycles. The molecule has 10 nitrogen and oxygen atoms in total. The lowest BCUT2D eigenvalue weighted by molar-refractivity contribution is -0.958. The number of carbonyl (C=O) groups excluding carboxylic acids is 4. The van der Waals surface area contributed by atoms with Gasteiger partial charge in [-0.25, -0.2) is 0 Å². The Kier molecular flexibility index (Phi) is 9.03. The predicted octanol–water partition coefficient (Wildman–Crippen LogP) is 4.98. The first-order valence-electron chi connectivity index (χ1n) is 18.9. The van der Waals surface area contributed by atoms with Crippen LogP contribution >= 0.6 is 0 Å². The minimum Gasteiger partial charge on any atom is -0.456 e. The molecule has 6 bridgehead atoms. The van der Waals surface area contributed by atoms with Crippen LogP contribution in [0, 0.1) is 35.5 Å². The number of hydrogen-bond donors (Lipinski definition) is 0. The number of carbonyl (C=O) groups is 4. The Bertz CT molecular complexity index is 1560. The molecule has 6 unspecified atom stereocenters. The summed E-state index contributed by atoms with van der Waals surface area (Å²) in [5.74, 6) is -0.299. The van der Waals surface area contributed by atoms with Crippen molar-refractivity contribution in [2.75, 3.05) is 39.3 Å². The summed E-state index contributed by atoms with van der Waals surface area (Å²) in [7, 11) is 0. The van der Waals surface area contributed by atoms with Crippen LogP contribution in [0.4, 0.5) is 0 Å². The van der Waals surface area contributed by atoms with Crippen LogP contribution in [0.1, 0.15) is 57.1 Å². The summed E-state index contributed by atoms with van der Waals surface area (Å²) in [6.07, 6.45) is 8.79. The van der Waals surface area contributed by atoms with Crippen LogP contribution in [-0.2, 0) is 41.7 Å². The summed E-state index contributed by atoms with van der Waals surface area (Å²) in [5, 5.41) is 0. The number of ether oxygens (including phenoxy) is 4. The zero-order valence-electron chi connectivity index (χ0n) is 29.7. The molecule has 10 rings (SSSR count). The molecule has 270 valence electrons. The Labute approximate surface area is 299 Å². The van der Waals surface area contributed by atoms with E-state index < -0.39 is 11.8 Å². The van der Waals surface area contributed by atoms with Crippen molar-refractivity contribution in [2.24, 2.45) is 35.5 Å². The summed E-state index contributed by atoms with van der Waals surface area (Å²) in [4.78, 5) is 50.9. The number of benzene rings is 2. The van der Waals surface area contributed by atoms with Crippen LogP contribution in [0.2, 0.25) is 0 Å². The van der Waals surface area contributed by atoms with E-state index in [2.05, 4.69) is 12.2 Å². The molecule has 51 heavy (non-hydrogen) atoms. The number of piperidine rings is 6. The molecule has 8 aliphatic rings. The van der Waals surface area contributed by atoms with E-state index in [0.717, 1.165) is 93.4 Å². The molecule has 6 atom stereocenters. The Hall–Kier alpha value is -4.02. The van der Waals surface area contributed by atoms with Crippen LogP contribution in [-0.4, -0.2) is 84.3 Å². The van der Waals surface area contributed by atoms with Crippen molar-refractivity contribution in [3.8, 4) is 11.5 Å². The fourth-order valence-corrected chi connectivity index (χ4v) is 10.5. The molecule has 0 aromatic heterocycles. The second-order valence-corrected chi connectivity index (χ2v) is 16.4. The summed E-state index contributed by atoms with van der Waals surface area (Å²) >= 11 is 0. The third kappa shape index (κ3) is 6.97. The molecule has 0 N–H and O–H groups in total. The Balaban J connectivity index is 0.907. The highest BCUT2D eigenvalue weighted by Gasteiger charge is 2.56. The van der Waals surface area contributed by atoms with E-state index in [0.29, 0.717) is 23.3 Å². The molecular formula is C41H50N2O8+2. The minimum absolute atomic E-state index is 0.0138. The zero-order valence-corrected chi connectivity index (χ0v) is 29.7. The van der Waals surface area contributed by atoms with Gasteiger partial charge in [0.15, 0.2) is 12.2 Å². The largest absolute Gasteiger partial charge is 0.456 e. The lowest BCUT2D eigenvalue weighted by atomic mass is 9.80. The number of esters is 4. The first kappa shape index (κ1) is 34.1.